The van der Waals surface area contributed by atoms with Crippen LogP contribution in [0.3, 0.4) is 0 Å². The molecule has 2 rings (SSSR count). The standard InChI is InChI=1S/C15H23N7O/c1-15(2,21(3)4)9-19-14(23)18-8-12-6-5-7-17-13(12)22-11-16-10-20-22/h5-7,10-11H,8-9H2,1-4H3,(H2,18,19,23). The summed E-state index contributed by atoms with van der Waals surface area (Å²) >= 11 is 0. The van der Waals surface area contributed by atoms with Crippen molar-refractivity contribution in [2.75, 3.05) is 20.6 Å². The van der Waals surface area contributed by atoms with Gasteiger partial charge < -0.3 is 15.5 Å². The summed E-state index contributed by atoms with van der Waals surface area (Å²) in [6.07, 6.45) is 4.70. The number of carbonyl (C=O) groups excluding carboxylic acids is 1. The molecule has 23 heavy (non-hydrogen) atoms. The second-order valence-electron chi connectivity index (χ2n) is 6.07. The number of aromatic nitrogens is 4. The Morgan fingerprint density at radius 1 is 1.35 bits per heavy atom. The third-order valence-corrected chi connectivity index (χ3v) is 3.83. The summed E-state index contributed by atoms with van der Waals surface area (Å²) in [6.45, 7) is 5.04. The van der Waals surface area contributed by atoms with Gasteiger partial charge in [0.05, 0.1) is 0 Å². The number of urea groups is 1. The van der Waals surface area contributed by atoms with Crippen molar-refractivity contribution < 1.29 is 4.79 Å². The number of rotatable bonds is 6. The summed E-state index contributed by atoms with van der Waals surface area (Å²) in [4.78, 5) is 22.3. The summed E-state index contributed by atoms with van der Waals surface area (Å²) in [7, 11) is 3.97. The monoisotopic (exact) mass is 317 g/mol. The molecule has 2 aromatic heterocycles. The molecule has 2 N–H and O–H groups in total. The first kappa shape index (κ1) is 16.9. The van der Waals surface area contributed by atoms with Crippen molar-refractivity contribution >= 4 is 6.03 Å². The number of carbonyl (C=O) groups is 1. The third kappa shape index (κ3) is 4.49. The van der Waals surface area contributed by atoms with Crippen LogP contribution >= 0.6 is 0 Å². The van der Waals surface area contributed by atoms with Gasteiger partial charge in [-0.2, -0.15) is 5.10 Å². The Balaban J connectivity index is 1.93. The van der Waals surface area contributed by atoms with Crippen LogP contribution in [0.4, 0.5) is 4.79 Å². The molecule has 124 valence electrons. The van der Waals surface area contributed by atoms with E-state index in [1.54, 1.807) is 17.2 Å². The lowest BCUT2D eigenvalue weighted by Gasteiger charge is -2.32. The minimum Gasteiger partial charge on any atom is -0.336 e. The highest BCUT2D eigenvalue weighted by atomic mass is 16.2. The Labute approximate surface area is 135 Å². The third-order valence-electron chi connectivity index (χ3n) is 3.83. The number of pyridine rings is 1. The minimum atomic E-state index is -0.215. The van der Waals surface area contributed by atoms with Crippen LogP contribution in [0.15, 0.2) is 31.0 Å². The van der Waals surface area contributed by atoms with Gasteiger partial charge >= 0.3 is 6.03 Å². The van der Waals surface area contributed by atoms with Crippen molar-refractivity contribution in [3.63, 3.8) is 0 Å². The highest BCUT2D eigenvalue weighted by Crippen LogP contribution is 2.09. The molecule has 0 atom stereocenters. The van der Waals surface area contributed by atoms with Gasteiger partial charge in [0, 0.05) is 30.4 Å². The van der Waals surface area contributed by atoms with Gasteiger partial charge in [-0.15, -0.1) is 0 Å². The zero-order chi connectivity index (χ0) is 16.9. The lowest BCUT2D eigenvalue weighted by atomic mass is 10.1. The van der Waals surface area contributed by atoms with Crippen molar-refractivity contribution in [1.82, 2.24) is 35.3 Å². The maximum Gasteiger partial charge on any atom is 0.315 e. The SMILES string of the molecule is CN(C)C(C)(C)CNC(=O)NCc1cccnc1-n1cncn1. The molecule has 0 aliphatic rings. The molecular weight excluding hydrogens is 294 g/mol. The van der Waals surface area contributed by atoms with Crippen molar-refractivity contribution in [3.05, 3.63) is 36.5 Å². The second-order valence-corrected chi connectivity index (χ2v) is 6.07. The van der Waals surface area contributed by atoms with Gasteiger partial charge in [-0.25, -0.2) is 19.4 Å². The summed E-state index contributed by atoms with van der Waals surface area (Å²) in [6, 6.07) is 3.51. The van der Waals surface area contributed by atoms with Gasteiger partial charge in [0.25, 0.3) is 0 Å². The highest BCUT2D eigenvalue weighted by Gasteiger charge is 2.21. The number of hydrogen-bond donors (Lipinski definition) is 2. The predicted octanol–water partition coefficient (Wildman–Crippen LogP) is 0.802. The summed E-state index contributed by atoms with van der Waals surface area (Å²) in [5.74, 6) is 0.652. The minimum absolute atomic E-state index is 0.114. The molecule has 0 aliphatic heterocycles. The Hall–Kier alpha value is -2.48. The quantitative estimate of drug-likeness (QED) is 0.823. The summed E-state index contributed by atoms with van der Waals surface area (Å²) < 4.78 is 1.57. The first-order valence-electron chi connectivity index (χ1n) is 7.38. The van der Waals surface area contributed by atoms with Crippen molar-refractivity contribution in [2.24, 2.45) is 0 Å². The highest BCUT2D eigenvalue weighted by molar-refractivity contribution is 5.74. The van der Waals surface area contributed by atoms with Gasteiger partial charge in [-0.05, 0) is 34.0 Å². The molecule has 0 bridgehead atoms. The van der Waals surface area contributed by atoms with Crippen LogP contribution in [0.25, 0.3) is 5.82 Å². The summed E-state index contributed by atoms with van der Waals surface area (Å²) in [5.41, 5.74) is 0.748. The Kier molecular flexibility index (Phi) is 5.28. The molecule has 2 heterocycles. The first-order chi connectivity index (χ1) is 10.9. The van der Waals surface area contributed by atoms with Crippen molar-refractivity contribution in [2.45, 2.75) is 25.9 Å². The molecule has 0 fully saturated rings. The molecule has 0 aromatic carbocycles. The molecule has 0 spiro atoms. The van der Waals surface area contributed by atoms with Crippen LogP contribution in [0.1, 0.15) is 19.4 Å². The smallest absolute Gasteiger partial charge is 0.315 e. The lowest BCUT2D eigenvalue weighted by Crippen LogP contribution is -2.50. The van der Waals surface area contributed by atoms with Crippen molar-refractivity contribution in [3.8, 4) is 5.82 Å². The van der Waals surface area contributed by atoms with E-state index in [1.807, 2.05) is 26.2 Å². The van der Waals surface area contributed by atoms with E-state index in [0.29, 0.717) is 18.9 Å². The van der Waals surface area contributed by atoms with Crippen LogP contribution in [-0.2, 0) is 6.54 Å². The second kappa shape index (κ2) is 7.19. The number of amides is 2. The number of hydrogen-bond acceptors (Lipinski definition) is 5. The molecule has 8 heteroatoms. The molecule has 8 nitrogen and oxygen atoms in total. The molecule has 0 radical (unpaired) electrons. The van der Waals surface area contributed by atoms with Gasteiger partial charge in [0.1, 0.15) is 12.7 Å². The van der Waals surface area contributed by atoms with Gasteiger partial charge in [-0.1, -0.05) is 6.07 Å². The van der Waals surface area contributed by atoms with E-state index in [4.69, 9.17) is 0 Å². The van der Waals surface area contributed by atoms with Crippen molar-refractivity contribution in [1.29, 1.82) is 0 Å². The largest absolute Gasteiger partial charge is 0.336 e. The van der Waals surface area contributed by atoms with E-state index in [-0.39, 0.29) is 11.6 Å². The Morgan fingerprint density at radius 3 is 2.78 bits per heavy atom. The fourth-order valence-corrected chi connectivity index (χ4v) is 1.78. The fraction of sp³-hybridized carbons (Fsp3) is 0.467. The van der Waals surface area contributed by atoms with Gasteiger partial charge in [0.15, 0.2) is 5.82 Å². The van der Waals surface area contributed by atoms with E-state index in [1.165, 1.54) is 6.33 Å². The predicted molar refractivity (Wildman–Crippen MR) is 87.2 cm³/mol. The molecule has 0 unspecified atom stereocenters. The Morgan fingerprint density at radius 2 is 2.13 bits per heavy atom. The van der Waals surface area contributed by atoms with Crippen LogP contribution in [0, 0.1) is 0 Å². The molecule has 2 amide bonds. The average Bonchev–Trinajstić information content (AvgIpc) is 3.05. The van der Waals surface area contributed by atoms with E-state index < -0.39 is 0 Å². The molecule has 2 aromatic rings. The van der Waals surface area contributed by atoms with Crippen LogP contribution in [0.5, 0.6) is 0 Å². The van der Waals surface area contributed by atoms with E-state index in [9.17, 15) is 4.79 Å². The number of nitrogens with one attached hydrogen (secondary N) is 2. The van der Waals surface area contributed by atoms with E-state index in [2.05, 4.69) is 44.4 Å². The lowest BCUT2D eigenvalue weighted by molar-refractivity contribution is 0.186. The molecule has 0 saturated carbocycles. The molecule has 0 saturated heterocycles. The maximum atomic E-state index is 12.0. The van der Waals surface area contributed by atoms with Crippen LogP contribution in [-0.4, -0.2) is 56.9 Å². The van der Waals surface area contributed by atoms with Gasteiger partial charge in [-0.3, -0.25) is 0 Å². The summed E-state index contributed by atoms with van der Waals surface area (Å²) in [5, 5.41) is 9.80. The number of likely N-dealkylation sites (N-methyl/N-ethyl adjacent to an activating group) is 1. The fourth-order valence-electron chi connectivity index (χ4n) is 1.78. The number of nitrogens with zero attached hydrogens (tertiary/aromatic N) is 5. The Bertz CT molecular complexity index is 637. The molecular formula is C15H23N7O. The normalized spacial score (nSPS) is 11.5. The van der Waals surface area contributed by atoms with Gasteiger partial charge in [0.2, 0.25) is 0 Å². The first-order valence-corrected chi connectivity index (χ1v) is 7.38. The van der Waals surface area contributed by atoms with E-state index >= 15 is 0 Å². The zero-order valence-corrected chi connectivity index (χ0v) is 13.9. The average molecular weight is 317 g/mol. The van der Waals surface area contributed by atoms with E-state index in [0.717, 1.165) is 5.56 Å². The zero-order valence-electron chi connectivity index (χ0n) is 13.9. The molecule has 0 aliphatic carbocycles. The van der Waals surface area contributed by atoms with Crippen LogP contribution < -0.4 is 10.6 Å². The maximum absolute atomic E-state index is 12.0. The van der Waals surface area contributed by atoms with Crippen LogP contribution in [0.2, 0.25) is 0 Å². The topological polar surface area (TPSA) is 88.0 Å².